The summed E-state index contributed by atoms with van der Waals surface area (Å²) >= 11 is 1.47. The summed E-state index contributed by atoms with van der Waals surface area (Å²) in [7, 11) is -1.92. The lowest BCUT2D eigenvalue weighted by Crippen LogP contribution is -2.49. The first-order valence-electron chi connectivity index (χ1n) is 6.77. The van der Waals surface area contributed by atoms with E-state index in [1.54, 1.807) is 42.3 Å². The Hall–Kier alpha value is -1.05. The van der Waals surface area contributed by atoms with E-state index in [1.165, 1.54) is 16.1 Å². The molecule has 1 aliphatic rings. The zero-order valence-electron chi connectivity index (χ0n) is 12.4. The van der Waals surface area contributed by atoms with Crippen molar-refractivity contribution >= 4 is 27.7 Å². The van der Waals surface area contributed by atoms with Gasteiger partial charge in [0.25, 0.3) is 0 Å². The summed E-state index contributed by atoms with van der Waals surface area (Å²) in [5, 5.41) is 0. The van der Waals surface area contributed by atoms with Crippen LogP contribution in [0.3, 0.4) is 0 Å². The number of carbonyl (C=O) groups excluding carboxylic acids is 1. The van der Waals surface area contributed by atoms with E-state index in [2.05, 4.69) is 0 Å². The minimum absolute atomic E-state index is 0.0457. The van der Waals surface area contributed by atoms with E-state index in [1.807, 2.05) is 13.8 Å². The predicted octanol–water partition coefficient (Wildman–Crippen LogP) is 1.62. The Balaban J connectivity index is 2.29. The van der Waals surface area contributed by atoms with Crippen molar-refractivity contribution in [2.24, 2.45) is 0 Å². The second-order valence-electron chi connectivity index (χ2n) is 5.26. The van der Waals surface area contributed by atoms with E-state index in [-0.39, 0.29) is 16.8 Å². The SMILES string of the molecule is CC(C)N(C)C(=O)[C@H]1CSCN1S(=O)(=O)c1ccccc1. The molecule has 1 heterocycles. The van der Waals surface area contributed by atoms with Crippen LogP contribution < -0.4 is 0 Å². The lowest BCUT2D eigenvalue weighted by Gasteiger charge is -2.29. The quantitative estimate of drug-likeness (QED) is 0.843. The molecule has 7 heteroatoms. The van der Waals surface area contributed by atoms with E-state index in [0.717, 1.165) is 0 Å². The number of carbonyl (C=O) groups is 1. The number of hydrogen-bond donors (Lipinski definition) is 0. The number of thioether (sulfide) groups is 1. The number of amides is 1. The zero-order valence-corrected chi connectivity index (χ0v) is 14.0. The molecule has 116 valence electrons. The first-order valence-corrected chi connectivity index (χ1v) is 9.36. The minimum atomic E-state index is -3.63. The maximum Gasteiger partial charge on any atom is 0.244 e. The van der Waals surface area contributed by atoms with Crippen LogP contribution >= 0.6 is 11.8 Å². The number of rotatable bonds is 4. The fraction of sp³-hybridized carbons (Fsp3) is 0.500. The lowest BCUT2D eigenvalue weighted by molar-refractivity contribution is -0.134. The van der Waals surface area contributed by atoms with Crippen LogP contribution in [0.4, 0.5) is 0 Å². The van der Waals surface area contributed by atoms with Crippen LogP contribution in [0.5, 0.6) is 0 Å². The fourth-order valence-electron chi connectivity index (χ4n) is 2.08. The summed E-state index contributed by atoms with van der Waals surface area (Å²) in [4.78, 5) is 14.3. The van der Waals surface area contributed by atoms with Gasteiger partial charge in [-0.1, -0.05) is 18.2 Å². The number of hydrogen-bond acceptors (Lipinski definition) is 4. The van der Waals surface area contributed by atoms with Gasteiger partial charge in [-0.15, -0.1) is 11.8 Å². The molecule has 1 atom stereocenters. The van der Waals surface area contributed by atoms with Gasteiger partial charge in [-0.3, -0.25) is 4.79 Å². The molecule has 0 spiro atoms. The second kappa shape index (κ2) is 6.37. The molecule has 2 rings (SSSR count). The number of likely N-dealkylation sites (N-methyl/N-ethyl adjacent to an activating group) is 1. The van der Waals surface area contributed by atoms with Crippen molar-refractivity contribution in [3.05, 3.63) is 30.3 Å². The summed E-state index contributed by atoms with van der Waals surface area (Å²) in [5.74, 6) is 0.677. The zero-order chi connectivity index (χ0) is 15.6. The van der Waals surface area contributed by atoms with Crippen molar-refractivity contribution < 1.29 is 13.2 Å². The molecule has 0 radical (unpaired) electrons. The lowest BCUT2D eigenvalue weighted by atomic mass is 10.2. The highest BCUT2D eigenvalue weighted by atomic mass is 32.2. The standard InChI is InChI=1S/C14H20N2O3S2/c1-11(2)15(3)14(17)13-9-20-10-16(13)21(18,19)12-7-5-4-6-8-12/h4-8,11,13H,9-10H2,1-3H3/t13-/m1/s1. The summed E-state index contributed by atoms with van der Waals surface area (Å²) in [5.41, 5.74) is 0. The fourth-order valence-corrected chi connectivity index (χ4v) is 5.23. The minimum Gasteiger partial charge on any atom is -0.342 e. The summed E-state index contributed by atoms with van der Waals surface area (Å²) < 4.78 is 26.7. The number of sulfonamides is 1. The average Bonchev–Trinajstić information content (AvgIpc) is 2.96. The summed E-state index contributed by atoms with van der Waals surface area (Å²) in [6.45, 7) is 3.83. The smallest absolute Gasteiger partial charge is 0.244 e. The van der Waals surface area contributed by atoms with Crippen molar-refractivity contribution in [1.82, 2.24) is 9.21 Å². The van der Waals surface area contributed by atoms with Crippen LogP contribution in [0, 0.1) is 0 Å². The molecule has 1 aliphatic heterocycles. The molecule has 0 saturated carbocycles. The molecule has 1 amide bonds. The Kier molecular flexibility index (Phi) is 4.95. The van der Waals surface area contributed by atoms with Gasteiger partial charge in [-0.05, 0) is 26.0 Å². The van der Waals surface area contributed by atoms with Gasteiger partial charge in [0, 0.05) is 18.8 Å². The third-order valence-corrected chi connectivity index (χ3v) is 6.64. The Morgan fingerprint density at radius 3 is 2.52 bits per heavy atom. The first-order chi connectivity index (χ1) is 9.85. The third-order valence-electron chi connectivity index (χ3n) is 3.60. The van der Waals surface area contributed by atoms with Gasteiger partial charge in [0.2, 0.25) is 15.9 Å². The maximum atomic E-state index is 12.7. The maximum absolute atomic E-state index is 12.7. The molecule has 1 aromatic rings. The summed E-state index contributed by atoms with van der Waals surface area (Å²) in [6, 6.07) is 7.70. The third kappa shape index (κ3) is 3.25. The number of nitrogens with zero attached hydrogens (tertiary/aromatic N) is 2. The Labute approximate surface area is 130 Å². The first kappa shape index (κ1) is 16.3. The van der Waals surface area contributed by atoms with E-state index in [9.17, 15) is 13.2 Å². The molecule has 0 N–H and O–H groups in total. The van der Waals surface area contributed by atoms with E-state index < -0.39 is 16.1 Å². The molecule has 0 aliphatic carbocycles. The Bertz CT molecular complexity index is 602. The van der Waals surface area contributed by atoms with E-state index >= 15 is 0 Å². The summed E-state index contributed by atoms with van der Waals surface area (Å²) in [6.07, 6.45) is 0. The molecule has 5 nitrogen and oxygen atoms in total. The van der Waals surface area contributed by atoms with Gasteiger partial charge in [0.1, 0.15) is 6.04 Å². The van der Waals surface area contributed by atoms with Crippen LogP contribution in [-0.2, 0) is 14.8 Å². The highest BCUT2D eigenvalue weighted by molar-refractivity contribution is 8.00. The van der Waals surface area contributed by atoms with Crippen molar-refractivity contribution in [3.8, 4) is 0 Å². The molecule has 1 aromatic carbocycles. The van der Waals surface area contributed by atoms with Gasteiger partial charge in [-0.2, -0.15) is 4.31 Å². The van der Waals surface area contributed by atoms with Crippen molar-refractivity contribution in [3.63, 3.8) is 0 Å². The largest absolute Gasteiger partial charge is 0.342 e. The monoisotopic (exact) mass is 328 g/mol. The molecular weight excluding hydrogens is 308 g/mol. The topological polar surface area (TPSA) is 57.7 Å². The highest BCUT2D eigenvalue weighted by Crippen LogP contribution is 2.29. The normalized spacial score (nSPS) is 19.9. The van der Waals surface area contributed by atoms with Gasteiger partial charge in [0.05, 0.1) is 10.8 Å². The molecule has 21 heavy (non-hydrogen) atoms. The van der Waals surface area contributed by atoms with Crippen LogP contribution in [0.15, 0.2) is 35.2 Å². The molecule has 1 saturated heterocycles. The molecule has 1 fully saturated rings. The van der Waals surface area contributed by atoms with Crippen molar-refractivity contribution in [2.45, 2.75) is 30.8 Å². The highest BCUT2D eigenvalue weighted by Gasteiger charge is 2.41. The van der Waals surface area contributed by atoms with Crippen LogP contribution in [0.25, 0.3) is 0 Å². The van der Waals surface area contributed by atoms with E-state index in [4.69, 9.17) is 0 Å². The molecule has 0 bridgehead atoms. The van der Waals surface area contributed by atoms with Crippen molar-refractivity contribution in [1.29, 1.82) is 0 Å². The van der Waals surface area contributed by atoms with Crippen LogP contribution in [0.1, 0.15) is 13.8 Å². The van der Waals surface area contributed by atoms with Gasteiger partial charge < -0.3 is 4.90 Å². The molecular formula is C14H20N2O3S2. The van der Waals surface area contributed by atoms with Crippen molar-refractivity contribution in [2.75, 3.05) is 18.7 Å². The molecule has 0 aromatic heterocycles. The predicted molar refractivity (Wildman–Crippen MR) is 84.5 cm³/mol. The van der Waals surface area contributed by atoms with Gasteiger partial charge in [-0.25, -0.2) is 8.42 Å². The van der Waals surface area contributed by atoms with Crippen LogP contribution in [0.2, 0.25) is 0 Å². The van der Waals surface area contributed by atoms with Gasteiger partial charge in [0.15, 0.2) is 0 Å². The van der Waals surface area contributed by atoms with Gasteiger partial charge >= 0.3 is 0 Å². The Morgan fingerprint density at radius 1 is 1.33 bits per heavy atom. The Morgan fingerprint density at radius 2 is 1.95 bits per heavy atom. The van der Waals surface area contributed by atoms with Crippen LogP contribution in [-0.4, -0.2) is 54.3 Å². The van der Waals surface area contributed by atoms with E-state index in [0.29, 0.717) is 11.6 Å². The number of benzene rings is 1. The second-order valence-corrected chi connectivity index (χ2v) is 8.15. The average molecular weight is 328 g/mol. The molecule has 0 unspecified atom stereocenters.